The maximum absolute atomic E-state index is 13.4. The minimum absolute atomic E-state index is 0.474. The van der Waals surface area contributed by atoms with Crippen molar-refractivity contribution in [3.63, 3.8) is 0 Å². The molecule has 0 fully saturated rings. The molecule has 1 atom stereocenters. The first-order valence-corrected chi connectivity index (χ1v) is 9.63. The first-order chi connectivity index (χ1) is 11.4. The molecule has 0 aliphatic carbocycles. The van der Waals surface area contributed by atoms with E-state index in [1.165, 1.54) is 0 Å². The lowest BCUT2D eigenvalue weighted by atomic mass is 9.99. The monoisotopic (exact) mass is 336 g/mol. The molecular formula is C21H21O2P. The smallest absolute Gasteiger partial charge is 0.259 e. The number of aryl methyl sites for hydroxylation is 3. The van der Waals surface area contributed by atoms with Crippen LogP contribution in [-0.4, -0.2) is 4.89 Å². The molecule has 0 heterocycles. The zero-order valence-corrected chi connectivity index (χ0v) is 15.0. The normalized spacial score (nSPS) is 13.5. The van der Waals surface area contributed by atoms with Gasteiger partial charge in [0.15, 0.2) is 0 Å². The van der Waals surface area contributed by atoms with Crippen LogP contribution in [0.4, 0.5) is 0 Å². The Balaban J connectivity index is 2.26. The van der Waals surface area contributed by atoms with Crippen molar-refractivity contribution in [2.45, 2.75) is 20.8 Å². The number of rotatable bonds is 3. The molecular weight excluding hydrogens is 315 g/mol. The Hall–Kier alpha value is -2.15. The second kappa shape index (κ2) is 6.39. The maximum atomic E-state index is 13.4. The minimum atomic E-state index is -3.67. The Bertz CT molecular complexity index is 944. The zero-order chi connectivity index (χ0) is 17.3. The highest BCUT2D eigenvalue weighted by Crippen LogP contribution is 2.42. The summed E-state index contributed by atoms with van der Waals surface area (Å²) in [5.41, 5.74) is 4.94. The summed E-state index contributed by atoms with van der Waals surface area (Å²) in [7, 11) is -3.67. The molecule has 3 aromatic rings. The lowest BCUT2D eigenvalue weighted by Crippen LogP contribution is -2.18. The van der Waals surface area contributed by atoms with E-state index in [-0.39, 0.29) is 0 Å². The molecule has 122 valence electrons. The van der Waals surface area contributed by atoms with Gasteiger partial charge in [0, 0.05) is 10.6 Å². The predicted octanol–water partition coefficient (Wildman–Crippen LogP) is 4.50. The summed E-state index contributed by atoms with van der Waals surface area (Å²) < 4.78 is 13.4. The molecule has 3 heteroatoms. The molecule has 0 saturated heterocycles. The third-order valence-corrected chi connectivity index (χ3v) is 6.24. The summed E-state index contributed by atoms with van der Waals surface area (Å²) in [6.45, 7) is 5.94. The summed E-state index contributed by atoms with van der Waals surface area (Å²) in [5.74, 6) is 0. The highest BCUT2D eigenvalue weighted by molar-refractivity contribution is 7.73. The topological polar surface area (TPSA) is 37.3 Å². The van der Waals surface area contributed by atoms with Crippen LogP contribution in [0.1, 0.15) is 16.7 Å². The second-order valence-electron chi connectivity index (χ2n) is 6.25. The Labute approximate surface area is 143 Å². The molecule has 0 radical (unpaired) electrons. The largest absolute Gasteiger partial charge is 0.338 e. The van der Waals surface area contributed by atoms with Crippen LogP contribution < -0.4 is 10.6 Å². The van der Waals surface area contributed by atoms with Gasteiger partial charge in [0.25, 0.3) is 7.37 Å². The average Bonchev–Trinajstić information content (AvgIpc) is 2.54. The van der Waals surface area contributed by atoms with Gasteiger partial charge in [-0.3, -0.25) is 4.57 Å². The van der Waals surface area contributed by atoms with Crippen LogP contribution >= 0.6 is 7.37 Å². The summed E-state index contributed by atoms with van der Waals surface area (Å²) in [4.78, 5) is 11.0. The third-order valence-electron chi connectivity index (χ3n) is 4.24. The third kappa shape index (κ3) is 3.08. The van der Waals surface area contributed by atoms with Crippen molar-refractivity contribution in [2.75, 3.05) is 0 Å². The molecule has 3 aromatic carbocycles. The molecule has 0 aliphatic heterocycles. The lowest BCUT2D eigenvalue weighted by Gasteiger charge is -2.19. The quantitative estimate of drug-likeness (QED) is 0.715. The fourth-order valence-electron chi connectivity index (χ4n) is 3.04. The molecule has 0 saturated carbocycles. The molecule has 0 amide bonds. The van der Waals surface area contributed by atoms with Crippen LogP contribution in [0.2, 0.25) is 0 Å². The van der Waals surface area contributed by atoms with Gasteiger partial charge in [-0.05, 0) is 55.7 Å². The van der Waals surface area contributed by atoms with Crippen LogP contribution in [0, 0.1) is 20.8 Å². The Morgan fingerprint density at radius 3 is 2.08 bits per heavy atom. The van der Waals surface area contributed by atoms with E-state index in [4.69, 9.17) is 0 Å². The van der Waals surface area contributed by atoms with Crippen LogP contribution in [0.25, 0.3) is 11.1 Å². The molecule has 2 nitrogen and oxygen atoms in total. The Morgan fingerprint density at radius 1 is 0.792 bits per heavy atom. The highest BCUT2D eigenvalue weighted by Gasteiger charge is 2.28. The first-order valence-electron chi connectivity index (χ1n) is 7.97. The van der Waals surface area contributed by atoms with Gasteiger partial charge in [-0.1, -0.05) is 59.7 Å². The van der Waals surface area contributed by atoms with E-state index in [1.807, 2.05) is 63.2 Å². The zero-order valence-electron chi connectivity index (χ0n) is 14.2. The number of benzene rings is 3. The van der Waals surface area contributed by atoms with E-state index in [9.17, 15) is 9.46 Å². The fourth-order valence-corrected chi connectivity index (χ4v) is 4.88. The van der Waals surface area contributed by atoms with Gasteiger partial charge >= 0.3 is 0 Å². The lowest BCUT2D eigenvalue weighted by molar-refractivity contribution is 0.501. The molecule has 0 spiro atoms. The standard InChI is InChI=1S/C21H21O2P/c1-15-7-4-10-18(13-15)21-17(3)9-6-12-20(21)24(22,23)19-11-5-8-16(2)14-19/h4-14H,1-3H3,(H,22,23). The Morgan fingerprint density at radius 2 is 1.42 bits per heavy atom. The van der Waals surface area contributed by atoms with Gasteiger partial charge < -0.3 is 4.89 Å². The molecule has 1 N–H and O–H groups in total. The first kappa shape index (κ1) is 16.7. The fraction of sp³-hybridized carbons (Fsp3) is 0.143. The van der Waals surface area contributed by atoms with Crippen molar-refractivity contribution in [3.05, 3.63) is 83.4 Å². The van der Waals surface area contributed by atoms with Gasteiger partial charge in [0.2, 0.25) is 0 Å². The predicted molar refractivity (Wildman–Crippen MR) is 102 cm³/mol. The van der Waals surface area contributed by atoms with Crippen LogP contribution in [0.3, 0.4) is 0 Å². The highest BCUT2D eigenvalue weighted by atomic mass is 31.2. The minimum Gasteiger partial charge on any atom is -0.338 e. The van der Waals surface area contributed by atoms with E-state index in [1.54, 1.807) is 18.2 Å². The average molecular weight is 336 g/mol. The molecule has 0 aromatic heterocycles. The van der Waals surface area contributed by atoms with Gasteiger partial charge in [0.05, 0.1) is 0 Å². The number of hydrogen-bond donors (Lipinski definition) is 1. The molecule has 0 bridgehead atoms. The summed E-state index contributed by atoms with van der Waals surface area (Å²) >= 11 is 0. The second-order valence-corrected chi connectivity index (χ2v) is 8.40. The van der Waals surface area contributed by atoms with E-state index in [0.717, 1.165) is 27.8 Å². The van der Waals surface area contributed by atoms with Crippen molar-refractivity contribution in [3.8, 4) is 11.1 Å². The van der Waals surface area contributed by atoms with Crippen molar-refractivity contribution in [1.29, 1.82) is 0 Å². The van der Waals surface area contributed by atoms with Crippen molar-refractivity contribution < 1.29 is 9.46 Å². The van der Waals surface area contributed by atoms with Crippen LogP contribution in [0.5, 0.6) is 0 Å². The van der Waals surface area contributed by atoms with Crippen LogP contribution in [-0.2, 0) is 4.57 Å². The van der Waals surface area contributed by atoms with E-state index < -0.39 is 7.37 Å². The van der Waals surface area contributed by atoms with Gasteiger partial charge in [-0.25, -0.2) is 0 Å². The van der Waals surface area contributed by atoms with Gasteiger partial charge in [-0.2, -0.15) is 0 Å². The van der Waals surface area contributed by atoms with E-state index >= 15 is 0 Å². The molecule has 24 heavy (non-hydrogen) atoms. The molecule has 0 aliphatic rings. The number of hydrogen-bond acceptors (Lipinski definition) is 1. The van der Waals surface area contributed by atoms with Crippen LogP contribution in [0.15, 0.2) is 66.7 Å². The molecule has 1 unspecified atom stereocenters. The van der Waals surface area contributed by atoms with Crippen molar-refractivity contribution in [1.82, 2.24) is 0 Å². The van der Waals surface area contributed by atoms with Gasteiger partial charge in [0.1, 0.15) is 0 Å². The SMILES string of the molecule is Cc1cccc(-c2c(C)cccc2P(=O)(O)c2cccc(C)c2)c1. The van der Waals surface area contributed by atoms with Crippen molar-refractivity contribution >= 4 is 18.0 Å². The maximum Gasteiger partial charge on any atom is 0.259 e. The van der Waals surface area contributed by atoms with Gasteiger partial charge in [-0.15, -0.1) is 0 Å². The molecule has 3 rings (SSSR count). The summed E-state index contributed by atoms with van der Waals surface area (Å²) in [6.07, 6.45) is 0. The summed E-state index contributed by atoms with van der Waals surface area (Å²) in [6, 6.07) is 21.0. The summed E-state index contributed by atoms with van der Waals surface area (Å²) in [5, 5.41) is 0.973. The van der Waals surface area contributed by atoms with Crippen molar-refractivity contribution in [2.24, 2.45) is 0 Å². The Kier molecular flexibility index (Phi) is 4.45. The van der Waals surface area contributed by atoms with E-state index in [2.05, 4.69) is 6.07 Å². The van der Waals surface area contributed by atoms with E-state index in [0.29, 0.717) is 10.6 Å².